The Morgan fingerprint density at radius 1 is 1.26 bits per heavy atom. The van der Waals surface area contributed by atoms with E-state index in [1.807, 2.05) is 11.0 Å². The van der Waals surface area contributed by atoms with Gasteiger partial charge in [-0.3, -0.25) is 14.4 Å². The van der Waals surface area contributed by atoms with Crippen molar-refractivity contribution in [2.45, 2.75) is 74.8 Å². The van der Waals surface area contributed by atoms with Crippen molar-refractivity contribution in [3.63, 3.8) is 0 Å². The number of amides is 2. The van der Waals surface area contributed by atoms with Crippen LogP contribution in [0.2, 0.25) is 0 Å². The number of rotatable bonds is 15. The summed E-state index contributed by atoms with van der Waals surface area (Å²) in [5.74, 6) is -1.48. The third-order valence-corrected chi connectivity index (χ3v) is 9.87. The lowest BCUT2D eigenvalue weighted by molar-refractivity contribution is -0.154. The molecule has 3 fully saturated rings. The molecule has 3 rings (SSSR count). The predicted octanol–water partition coefficient (Wildman–Crippen LogP) is 3.42. The average Bonchev–Trinajstić information content (AvgIpc) is 3.43. The Hall–Kier alpha value is -1.80. The summed E-state index contributed by atoms with van der Waals surface area (Å²) in [6.45, 7) is 13.4. The first-order chi connectivity index (χ1) is 16.9. The summed E-state index contributed by atoms with van der Waals surface area (Å²) in [5, 5.41) is 9.48. The van der Waals surface area contributed by atoms with E-state index in [1.165, 1.54) is 0 Å². The van der Waals surface area contributed by atoms with Gasteiger partial charge in [0.25, 0.3) is 0 Å². The van der Waals surface area contributed by atoms with Gasteiger partial charge in [-0.2, -0.15) is 0 Å². The van der Waals surface area contributed by atoms with Crippen LogP contribution in [0.25, 0.3) is 0 Å². The van der Waals surface area contributed by atoms with Crippen LogP contribution in [0, 0.1) is 17.8 Å². The molecule has 1 spiro atoms. The van der Waals surface area contributed by atoms with Gasteiger partial charge in [-0.05, 0) is 44.4 Å². The Balaban J connectivity index is 1.91. The molecule has 0 aromatic heterocycles. The molecule has 2 bridgehead atoms. The van der Waals surface area contributed by atoms with Crippen LogP contribution in [0.4, 0.5) is 0 Å². The highest BCUT2D eigenvalue weighted by molar-refractivity contribution is 8.02. The van der Waals surface area contributed by atoms with E-state index in [-0.39, 0.29) is 35.6 Å². The molecule has 3 aliphatic heterocycles. The monoisotopic (exact) mass is 506 g/mol. The van der Waals surface area contributed by atoms with Gasteiger partial charge in [-0.15, -0.1) is 24.9 Å². The fourth-order valence-electron chi connectivity index (χ4n) is 6.18. The molecule has 7 nitrogen and oxygen atoms in total. The zero-order valence-electron chi connectivity index (χ0n) is 21.3. The first-order valence-corrected chi connectivity index (χ1v) is 14.0. The number of allylic oxidation sites excluding steroid dienone is 1. The summed E-state index contributed by atoms with van der Waals surface area (Å²) in [4.78, 5) is 44.7. The summed E-state index contributed by atoms with van der Waals surface area (Å²) < 4.78 is 5.01. The van der Waals surface area contributed by atoms with Gasteiger partial charge in [0.15, 0.2) is 0 Å². The molecule has 0 saturated carbocycles. The summed E-state index contributed by atoms with van der Waals surface area (Å²) in [5.41, 5.74) is 0. The lowest BCUT2D eigenvalue weighted by Crippen LogP contribution is -2.57. The van der Waals surface area contributed by atoms with Crippen molar-refractivity contribution < 1.29 is 24.2 Å². The molecule has 6 atom stereocenters. The normalized spacial score (nSPS) is 30.9. The number of aliphatic hydroxyl groups is 1. The van der Waals surface area contributed by atoms with Gasteiger partial charge in [-0.1, -0.05) is 32.4 Å². The van der Waals surface area contributed by atoms with E-state index < -0.39 is 22.6 Å². The van der Waals surface area contributed by atoms with Gasteiger partial charge in [0.05, 0.1) is 23.2 Å². The zero-order valence-corrected chi connectivity index (χ0v) is 22.1. The molecule has 196 valence electrons. The smallest absolute Gasteiger partial charge is 0.310 e. The van der Waals surface area contributed by atoms with Crippen LogP contribution in [-0.2, 0) is 19.1 Å². The number of nitrogens with zero attached hydrogens (tertiary/aromatic N) is 2. The summed E-state index contributed by atoms with van der Waals surface area (Å²) >= 11 is 1.67. The number of carbonyl (C=O) groups is 3. The fourth-order valence-corrected chi connectivity index (χ4v) is 8.58. The molecule has 3 saturated heterocycles. The number of unbranched alkanes of at least 4 members (excludes halogenated alkanes) is 3. The maximum absolute atomic E-state index is 14.1. The Kier molecular flexibility index (Phi) is 9.87. The Bertz CT molecular complexity index is 804. The Labute approximate surface area is 214 Å². The van der Waals surface area contributed by atoms with E-state index in [2.05, 4.69) is 27.0 Å². The van der Waals surface area contributed by atoms with E-state index in [0.29, 0.717) is 32.7 Å². The summed E-state index contributed by atoms with van der Waals surface area (Å²) in [7, 11) is 0. The van der Waals surface area contributed by atoms with Crippen LogP contribution < -0.4 is 0 Å². The zero-order chi connectivity index (χ0) is 25.6. The quantitative estimate of drug-likeness (QED) is 0.208. The molecule has 8 heteroatoms. The highest BCUT2D eigenvalue weighted by atomic mass is 32.2. The van der Waals surface area contributed by atoms with Crippen LogP contribution in [0.1, 0.15) is 58.8 Å². The molecular formula is C27H42N2O5S. The molecule has 0 aliphatic carbocycles. The largest absolute Gasteiger partial charge is 0.465 e. The predicted molar refractivity (Wildman–Crippen MR) is 139 cm³/mol. The van der Waals surface area contributed by atoms with Crippen molar-refractivity contribution in [3.05, 3.63) is 25.3 Å². The second-order valence-electron chi connectivity index (χ2n) is 10.0. The molecule has 2 amide bonds. The Morgan fingerprint density at radius 2 is 2.03 bits per heavy atom. The minimum atomic E-state index is -0.646. The molecule has 0 radical (unpaired) electrons. The number of ether oxygens (including phenoxy) is 1. The van der Waals surface area contributed by atoms with E-state index in [9.17, 15) is 19.5 Å². The number of likely N-dealkylation sites (tertiary alicyclic amines) is 1. The van der Waals surface area contributed by atoms with Crippen molar-refractivity contribution in [1.29, 1.82) is 0 Å². The number of aliphatic hydroxyl groups excluding tert-OH is 1. The first kappa shape index (κ1) is 27.8. The third kappa shape index (κ3) is 5.19. The van der Waals surface area contributed by atoms with E-state index >= 15 is 0 Å². The van der Waals surface area contributed by atoms with Gasteiger partial charge in [-0.25, -0.2) is 0 Å². The van der Waals surface area contributed by atoms with E-state index in [0.717, 1.165) is 38.5 Å². The second-order valence-corrected chi connectivity index (χ2v) is 11.6. The first-order valence-electron chi connectivity index (χ1n) is 13.1. The standard InChI is InChI=1S/C27H42N2O5S/c1-5-8-10-11-17-34-26(33)21-20-18-19(4)27(35-20)22(21)24(31)29(15-12-16-30)23(27)25(32)28(13-7-3)14-9-6-2/h5,7,19-23,30H,1,3,6,8-18H2,2,4H3/t19?,20-,21+,22+,23?,27?/m1/s1. The summed E-state index contributed by atoms with van der Waals surface area (Å²) in [6.07, 6.45) is 9.15. The number of carbonyl (C=O) groups excluding carboxylic acids is 3. The SMILES string of the molecule is C=CCCCCOC(=O)[C@@H]1[C@H]2C(=O)N(CCCO)C(C(=O)N(CC=C)CCCC)C23S[C@@H]1CC3C. The average molecular weight is 507 g/mol. The van der Waals surface area contributed by atoms with Crippen molar-refractivity contribution in [2.75, 3.05) is 32.8 Å². The molecule has 35 heavy (non-hydrogen) atoms. The number of esters is 1. The van der Waals surface area contributed by atoms with Crippen molar-refractivity contribution in [1.82, 2.24) is 9.80 Å². The lowest BCUT2D eigenvalue weighted by Gasteiger charge is -2.40. The molecule has 0 aromatic rings. The number of hydrogen-bond donors (Lipinski definition) is 1. The van der Waals surface area contributed by atoms with Crippen LogP contribution in [-0.4, -0.2) is 81.6 Å². The lowest BCUT2D eigenvalue weighted by atomic mass is 9.66. The number of hydrogen-bond acceptors (Lipinski definition) is 6. The molecule has 3 unspecified atom stereocenters. The Morgan fingerprint density at radius 3 is 2.69 bits per heavy atom. The minimum Gasteiger partial charge on any atom is -0.465 e. The van der Waals surface area contributed by atoms with Gasteiger partial charge >= 0.3 is 5.97 Å². The minimum absolute atomic E-state index is 0.0154. The third-order valence-electron chi connectivity index (χ3n) is 7.80. The fraction of sp³-hybridized carbons (Fsp3) is 0.741. The van der Waals surface area contributed by atoms with Crippen molar-refractivity contribution >= 4 is 29.5 Å². The van der Waals surface area contributed by atoms with Gasteiger partial charge < -0.3 is 19.6 Å². The van der Waals surface area contributed by atoms with E-state index in [4.69, 9.17) is 4.74 Å². The molecule has 0 aromatic carbocycles. The van der Waals surface area contributed by atoms with Gasteiger partial charge in [0.2, 0.25) is 11.8 Å². The topological polar surface area (TPSA) is 87.1 Å². The highest BCUT2D eigenvalue weighted by Gasteiger charge is 2.76. The second kappa shape index (κ2) is 12.4. The summed E-state index contributed by atoms with van der Waals surface area (Å²) in [6, 6.07) is -0.640. The molecule has 3 heterocycles. The van der Waals surface area contributed by atoms with Crippen LogP contribution >= 0.6 is 11.8 Å². The van der Waals surface area contributed by atoms with Crippen LogP contribution in [0.5, 0.6) is 0 Å². The van der Waals surface area contributed by atoms with Crippen molar-refractivity contribution in [2.24, 2.45) is 17.8 Å². The molecule has 3 aliphatic rings. The van der Waals surface area contributed by atoms with Gasteiger partial charge in [0.1, 0.15) is 6.04 Å². The van der Waals surface area contributed by atoms with Crippen molar-refractivity contribution in [3.8, 4) is 0 Å². The van der Waals surface area contributed by atoms with E-state index in [1.54, 1.807) is 22.7 Å². The number of thioether (sulfide) groups is 1. The van der Waals surface area contributed by atoms with Crippen LogP contribution in [0.15, 0.2) is 25.3 Å². The highest BCUT2D eigenvalue weighted by Crippen LogP contribution is 2.68. The number of fused-ring (bicyclic) bond motifs is 1. The van der Waals surface area contributed by atoms with Gasteiger partial charge in [0, 0.05) is 31.5 Å². The molecular weight excluding hydrogens is 464 g/mol. The maximum atomic E-state index is 14.1. The molecule has 1 N–H and O–H groups in total. The van der Waals surface area contributed by atoms with Crippen LogP contribution in [0.3, 0.4) is 0 Å². The maximum Gasteiger partial charge on any atom is 0.310 e.